The topological polar surface area (TPSA) is 57.2 Å². The van der Waals surface area contributed by atoms with Crippen LogP contribution in [0.1, 0.15) is 47.8 Å². The predicted molar refractivity (Wildman–Crippen MR) is 88.6 cm³/mol. The average Bonchev–Trinajstić information content (AvgIpc) is 3.14. The lowest BCUT2D eigenvalue weighted by Gasteiger charge is -2.05. The Balaban J connectivity index is 2.17. The Hall–Kier alpha value is -2.07. The summed E-state index contributed by atoms with van der Waals surface area (Å²) in [5.74, 6) is -0.290. The van der Waals surface area contributed by atoms with Crippen LogP contribution in [-0.2, 0) is 18.3 Å². The zero-order valence-electron chi connectivity index (χ0n) is 13.2. The molecule has 2 aromatic rings. The van der Waals surface area contributed by atoms with E-state index in [0.717, 1.165) is 29.4 Å². The summed E-state index contributed by atoms with van der Waals surface area (Å²) in [5.41, 5.74) is 11.0. The molecule has 0 bridgehead atoms. The van der Waals surface area contributed by atoms with E-state index in [2.05, 4.69) is 18.2 Å². The summed E-state index contributed by atoms with van der Waals surface area (Å²) in [6, 6.07) is 6.28. The normalized spacial score (nSPS) is 14.4. The lowest BCUT2D eigenvalue weighted by molar-refractivity contribution is 0.0527. The largest absolute Gasteiger partial charge is 0.462 e. The molecule has 0 fully saturated rings. The van der Waals surface area contributed by atoms with Crippen LogP contribution in [0.15, 0.2) is 24.3 Å². The van der Waals surface area contributed by atoms with Crippen molar-refractivity contribution in [1.29, 1.82) is 0 Å². The van der Waals surface area contributed by atoms with Gasteiger partial charge in [0.05, 0.1) is 12.2 Å². The minimum absolute atomic E-state index is 0.290. The molecule has 0 aliphatic heterocycles. The third-order valence-corrected chi connectivity index (χ3v) is 4.41. The van der Waals surface area contributed by atoms with E-state index in [4.69, 9.17) is 10.5 Å². The van der Waals surface area contributed by atoms with Gasteiger partial charge in [-0.1, -0.05) is 18.2 Å². The number of carbonyl (C=O) groups is 1. The van der Waals surface area contributed by atoms with Gasteiger partial charge in [0, 0.05) is 30.2 Å². The first-order valence-corrected chi connectivity index (χ1v) is 7.85. The summed E-state index contributed by atoms with van der Waals surface area (Å²) in [4.78, 5) is 12.3. The molecule has 1 heterocycles. The highest BCUT2D eigenvalue weighted by Crippen LogP contribution is 2.32. The van der Waals surface area contributed by atoms with E-state index in [9.17, 15) is 4.79 Å². The molecule has 0 saturated carbocycles. The molecule has 0 atom stereocenters. The van der Waals surface area contributed by atoms with Gasteiger partial charge in [0.2, 0.25) is 0 Å². The zero-order valence-corrected chi connectivity index (χ0v) is 13.2. The molecular weight excluding hydrogens is 276 g/mol. The highest BCUT2D eigenvalue weighted by atomic mass is 16.5. The van der Waals surface area contributed by atoms with Crippen molar-refractivity contribution in [1.82, 2.24) is 4.57 Å². The maximum atomic E-state index is 12.3. The van der Waals surface area contributed by atoms with Crippen LogP contribution in [0.5, 0.6) is 0 Å². The standard InChI is InChI=1S/C18H22N2O2/c1-3-22-18(21)17-14-9-8-13(12-6-4-5-7-12)10-15(14)20(2)16(17)11-19/h6,8-10H,3-5,7,11,19H2,1-2H3. The van der Waals surface area contributed by atoms with Crippen LogP contribution in [-0.4, -0.2) is 17.1 Å². The molecule has 0 unspecified atom stereocenters. The SMILES string of the molecule is CCOC(=O)c1c(CN)n(C)c2cc(C3=CCCC3)ccc12. The maximum Gasteiger partial charge on any atom is 0.340 e. The van der Waals surface area contributed by atoms with Crippen LogP contribution >= 0.6 is 0 Å². The predicted octanol–water partition coefficient (Wildman–Crippen LogP) is 3.38. The maximum absolute atomic E-state index is 12.3. The molecule has 2 N–H and O–H groups in total. The van der Waals surface area contributed by atoms with E-state index in [1.165, 1.54) is 17.6 Å². The van der Waals surface area contributed by atoms with E-state index in [1.54, 1.807) is 0 Å². The Labute approximate surface area is 130 Å². The van der Waals surface area contributed by atoms with Gasteiger partial charge in [0.1, 0.15) is 0 Å². The number of aromatic nitrogens is 1. The van der Waals surface area contributed by atoms with Crippen molar-refractivity contribution in [3.63, 3.8) is 0 Å². The Morgan fingerprint density at radius 1 is 1.41 bits per heavy atom. The van der Waals surface area contributed by atoms with Crippen molar-refractivity contribution < 1.29 is 9.53 Å². The number of hydrogen-bond acceptors (Lipinski definition) is 3. The van der Waals surface area contributed by atoms with Gasteiger partial charge in [0.15, 0.2) is 0 Å². The second kappa shape index (κ2) is 5.97. The fraction of sp³-hybridized carbons (Fsp3) is 0.389. The van der Waals surface area contributed by atoms with Crippen LogP contribution in [0, 0.1) is 0 Å². The number of carbonyl (C=O) groups excluding carboxylic acids is 1. The number of nitrogens with two attached hydrogens (primary N) is 1. The number of nitrogens with zero attached hydrogens (tertiary/aromatic N) is 1. The van der Waals surface area contributed by atoms with E-state index >= 15 is 0 Å². The molecule has 4 nitrogen and oxygen atoms in total. The van der Waals surface area contributed by atoms with Gasteiger partial charge >= 0.3 is 5.97 Å². The number of benzene rings is 1. The summed E-state index contributed by atoms with van der Waals surface area (Å²) in [5, 5.41) is 0.920. The van der Waals surface area contributed by atoms with Gasteiger partial charge in [-0.2, -0.15) is 0 Å². The number of esters is 1. The molecule has 0 amide bonds. The van der Waals surface area contributed by atoms with Crippen molar-refractivity contribution >= 4 is 22.4 Å². The minimum atomic E-state index is -0.290. The number of hydrogen-bond donors (Lipinski definition) is 1. The Bertz CT molecular complexity index is 756. The Morgan fingerprint density at radius 3 is 2.86 bits per heavy atom. The van der Waals surface area contributed by atoms with Crippen LogP contribution < -0.4 is 5.73 Å². The molecule has 1 aromatic heterocycles. The number of ether oxygens (including phenoxy) is 1. The summed E-state index contributed by atoms with van der Waals surface area (Å²) in [6.07, 6.45) is 5.82. The van der Waals surface area contributed by atoms with Crippen LogP contribution in [0.2, 0.25) is 0 Å². The summed E-state index contributed by atoms with van der Waals surface area (Å²) >= 11 is 0. The molecule has 3 rings (SSSR count). The van der Waals surface area contributed by atoms with Gasteiger partial charge < -0.3 is 15.0 Å². The van der Waals surface area contributed by atoms with Crippen molar-refractivity contribution in [2.24, 2.45) is 12.8 Å². The first-order valence-electron chi connectivity index (χ1n) is 7.85. The molecule has 22 heavy (non-hydrogen) atoms. The van der Waals surface area contributed by atoms with Gasteiger partial charge in [-0.05, 0) is 43.4 Å². The smallest absolute Gasteiger partial charge is 0.340 e. The zero-order chi connectivity index (χ0) is 15.7. The van der Waals surface area contributed by atoms with Crippen molar-refractivity contribution in [2.75, 3.05) is 6.61 Å². The van der Waals surface area contributed by atoms with Gasteiger partial charge in [-0.25, -0.2) is 4.79 Å². The molecule has 116 valence electrons. The first kappa shape index (κ1) is 14.9. The lowest BCUT2D eigenvalue weighted by atomic mass is 10.0. The third-order valence-electron chi connectivity index (χ3n) is 4.41. The van der Waals surface area contributed by atoms with Gasteiger partial charge in [-0.15, -0.1) is 0 Å². The lowest BCUT2D eigenvalue weighted by Crippen LogP contribution is -2.12. The van der Waals surface area contributed by atoms with Crippen LogP contribution in [0.4, 0.5) is 0 Å². The first-order chi connectivity index (χ1) is 10.7. The van der Waals surface area contributed by atoms with E-state index in [-0.39, 0.29) is 5.97 Å². The number of allylic oxidation sites excluding steroid dienone is 2. The molecule has 0 spiro atoms. The Morgan fingerprint density at radius 2 is 2.23 bits per heavy atom. The number of rotatable bonds is 4. The molecule has 0 saturated heterocycles. The van der Waals surface area contributed by atoms with E-state index in [0.29, 0.717) is 18.7 Å². The van der Waals surface area contributed by atoms with Crippen molar-refractivity contribution in [3.8, 4) is 0 Å². The minimum Gasteiger partial charge on any atom is -0.462 e. The highest BCUT2D eigenvalue weighted by molar-refractivity contribution is 6.06. The van der Waals surface area contributed by atoms with Crippen molar-refractivity contribution in [3.05, 3.63) is 41.1 Å². The fourth-order valence-corrected chi connectivity index (χ4v) is 3.29. The molecule has 4 heteroatoms. The fourth-order valence-electron chi connectivity index (χ4n) is 3.29. The van der Waals surface area contributed by atoms with E-state index in [1.807, 2.05) is 24.6 Å². The highest BCUT2D eigenvalue weighted by Gasteiger charge is 2.22. The summed E-state index contributed by atoms with van der Waals surface area (Å²) in [7, 11) is 1.96. The molecular formula is C18H22N2O2. The monoisotopic (exact) mass is 298 g/mol. The third kappa shape index (κ3) is 2.33. The average molecular weight is 298 g/mol. The number of aryl methyl sites for hydroxylation is 1. The molecule has 1 aliphatic rings. The number of fused-ring (bicyclic) bond motifs is 1. The van der Waals surface area contributed by atoms with Crippen molar-refractivity contribution in [2.45, 2.75) is 32.7 Å². The Kier molecular flexibility index (Phi) is 4.03. The van der Waals surface area contributed by atoms with Crippen LogP contribution in [0.25, 0.3) is 16.5 Å². The second-order valence-electron chi connectivity index (χ2n) is 5.66. The van der Waals surface area contributed by atoms with E-state index < -0.39 is 0 Å². The van der Waals surface area contributed by atoms with Crippen LogP contribution in [0.3, 0.4) is 0 Å². The molecule has 1 aliphatic carbocycles. The summed E-state index contributed by atoms with van der Waals surface area (Å²) < 4.78 is 7.22. The molecule has 0 radical (unpaired) electrons. The van der Waals surface area contributed by atoms with Gasteiger partial charge in [-0.3, -0.25) is 0 Å². The molecule has 1 aromatic carbocycles. The quantitative estimate of drug-likeness (QED) is 0.880. The van der Waals surface area contributed by atoms with Gasteiger partial charge in [0.25, 0.3) is 0 Å². The second-order valence-corrected chi connectivity index (χ2v) is 5.66. The summed E-state index contributed by atoms with van der Waals surface area (Å²) in [6.45, 7) is 2.50.